The molecule has 0 N–H and O–H groups in total. The molecule has 0 aromatic carbocycles. The first-order chi connectivity index (χ1) is 13.6. The summed E-state index contributed by atoms with van der Waals surface area (Å²) in [5.41, 5.74) is 1.08. The molecule has 1 aromatic rings. The van der Waals surface area contributed by atoms with E-state index >= 15 is 0 Å². The molecule has 0 spiro atoms. The van der Waals surface area contributed by atoms with Crippen LogP contribution in [-0.2, 0) is 15.8 Å². The third-order valence-electron chi connectivity index (χ3n) is 6.29. The topological polar surface area (TPSA) is 42.4 Å². The van der Waals surface area contributed by atoms with Crippen LogP contribution in [0.3, 0.4) is 0 Å². The molecule has 0 unspecified atom stereocenters. The standard InChI is InChI=1S/C22H39BrN2O2SeSi2/c1-16(27-30(8,9)22(2,3)4)18-20(26)25(15-17-11-10-12-24-19(17)23)21(18)28-13-14-29(5,6)7/h10-12,16,18,21H,13-15H2,1-9H3/t16-,18+,21-/m1/s1. The van der Waals surface area contributed by atoms with Crippen molar-refractivity contribution < 1.29 is 9.22 Å². The molecule has 1 aliphatic heterocycles. The molecule has 8 heteroatoms. The summed E-state index contributed by atoms with van der Waals surface area (Å²) < 4.78 is 7.50. The van der Waals surface area contributed by atoms with Crippen molar-refractivity contribution in [1.29, 1.82) is 0 Å². The molecule has 1 aromatic heterocycles. The minimum absolute atomic E-state index is 0.00351. The van der Waals surface area contributed by atoms with E-state index in [1.807, 2.05) is 6.07 Å². The molecule has 2 heterocycles. The fourth-order valence-electron chi connectivity index (χ4n) is 3.27. The Bertz CT molecular complexity index is 749. The van der Waals surface area contributed by atoms with E-state index in [1.54, 1.807) is 6.20 Å². The van der Waals surface area contributed by atoms with Crippen LogP contribution in [0.15, 0.2) is 22.9 Å². The molecule has 1 amide bonds. The van der Waals surface area contributed by atoms with Gasteiger partial charge >= 0.3 is 201 Å². The summed E-state index contributed by atoms with van der Waals surface area (Å²) in [4.78, 5) is 20.0. The van der Waals surface area contributed by atoms with Gasteiger partial charge in [0.15, 0.2) is 0 Å². The molecule has 1 saturated heterocycles. The van der Waals surface area contributed by atoms with Crippen LogP contribution in [0.1, 0.15) is 33.3 Å². The van der Waals surface area contributed by atoms with Crippen molar-refractivity contribution in [2.75, 3.05) is 0 Å². The van der Waals surface area contributed by atoms with Crippen LogP contribution in [0.4, 0.5) is 0 Å². The van der Waals surface area contributed by atoms with Gasteiger partial charge in [-0.25, -0.2) is 0 Å². The number of pyridine rings is 1. The number of nitrogens with zero attached hydrogens (tertiary/aromatic N) is 2. The van der Waals surface area contributed by atoms with Crippen molar-refractivity contribution in [2.24, 2.45) is 5.92 Å². The minimum atomic E-state index is -1.91. The predicted octanol–water partition coefficient (Wildman–Crippen LogP) is 6.00. The third-order valence-corrected chi connectivity index (χ3v) is 16.9. The van der Waals surface area contributed by atoms with Crippen molar-refractivity contribution in [3.8, 4) is 0 Å². The van der Waals surface area contributed by atoms with Crippen LogP contribution in [0.2, 0.25) is 49.1 Å². The van der Waals surface area contributed by atoms with Crippen LogP contribution >= 0.6 is 15.9 Å². The van der Waals surface area contributed by atoms with Crippen molar-refractivity contribution in [2.45, 2.75) is 94.4 Å². The molecule has 0 saturated carbocycles. The molecule has 3 atom stereocenters. The molecule has 1 aliphatic rings. The summed E-state index contributed by atoms with van der Waals surface area (Å²) in [7, 11) is -2.99. The Morgan fingerprint density at radius 2 is 1.90 bits per heavy atom. The number of hydrogen-bond donors (Lipinski definition) is 0. The Labute approximate surface area is 200 Å². The van der Waals surface area contributed by atoms with Gasteiger partial charge in [-0.05, 0) is 0 Å². The number of halogens is 1. The molecular weight excluding hydrogens is 539 g/mol. The van der Waals surface area contributed by atoms with Gasteiger partial charge in [0.05, 0.1) is 0 Å². The van der Waals surface area contributed by atoms with Crippen LogP contribution in [0.25, 0.3) is 0 Å². The van der Waals surface area contributed by atoms with Gasteiger partial charge in [0.1, 0.15) is 0 Å². The quantitative estimate of drug-likeness (QED) is 0.205. The fourth-order valence-corrected chi connectivity index (χ4v) is 12.8. The van der Waals surface area contributed by atoms with E-state index in [-0.39, 0.29) is 23.0 Å². The molecule has 1 fully saturated rings. The van der Waals surface area contributed by atoms with Gasteiger partial charge in [0.2, 0.25) is 0 Å². The number of likely N-dealkylation sites (tertiary alicyclic amines) is 1. The van der Waals surface area contributed by atoms with Gasteiger partial charge in [0.25, 0.3) is 0 Å². The maximum absolute atomic E-state index is 13.3. The molecule has 4 nitrogen and oxygen atoms in total. The zero-order chi connectivity index (χ0) is 22.9. The van der Waals surface area contributed by atoms with E-state index in [0.29, 0.717) is 26.4 Å². The normalized spacial score (nSPS) is 21.5. The Morgan fingerprint density at radius 1 is 1.27 bits per heavy atom. The maximum atomic E-state index is 13.3. The third kappa shape index (κ3) is 6.52. The molecule has 0 aliphatic carbocycles. The summed E-state index contributed by atoms with van der Waals surface area (Å²) >= 11 is 3.95. The van der Waals surface area contributed by atoms with E-state index in [1.165, 1.54) is 11.4 Å². The zero-order valence-electron chi connectivity index (χ0n) is 20.1. The second-order valence-electron chi connectivity index (χ2n) is 11.1. The van der Waals surface area contributed by atoms with E-state index in [0.717, 1.165) is 10.2 Å². The van der Waals surface area contributed by atoms with E-state index < -0.39 is 16.4 Å². The molecular formula is C22H39BrN2O2SeSi2. The Kier molecular flexibility index (Phi) is 8.65. The molecule has 170 valence electrons. The van der Waals surface area contributed by atoms with Gasteiger partial charge in [-0.3, -0.25) is 0 Å². The van der Waals surface area contributed by atoms with Crippen molar-refractivity contribution >= 4 is 53.2 Å². The summed E-state index contributed by atoms with van der Waals surface area (Å²) in [6.07, 6.45) is 1.75. The second kappa shape index (κ2) is 9.88. The predicted molar refractivity (Wildman–Crippen MR) is 136 cm³/mol. The average Bonchev–Trinajstić information content (AvgIpc) is 2.57. The zero-order valence-corrected chi connectivity index (χ0v) is 25.4. The summed E-state index contributed by atoms with van der Waals surface area (Å²) in [5, 5.41) is 1.39. The molecule has 2 rings (SSSR count). The van der Waals surface area contributed by atoms with Crippen molar-refractivity contribution in [3.05, 3.63) is 28.5 Å². The van der Waals surface area contributed by atoms with Gasteiger partial charge in [-0.15, -0.1) is 0 Å². The summed E-state index contributed by atoms with van der Waals surface area (Å²) in [6.45, 7) is 21.4. The number of amides is 1. The van der Waals surface area contributed by atoms with Crippen LogP contribution < -0.4 is 0 Å². The number of carbonyl (C=O) groups excluding carboxylic acids is 1. The van der Waals surface area contributed by atoms with Gasteiger partial charge in [0, 0.05) is 0 Å². The van der Waals surface area contributed by atoms with Gasteiger partial charge in [-0.1, -0.05) is 0 Å². The van der Waals surface area contributed by atoms with Crippen LogP contribution in [0, 0.1) is 5.92 Å². The van der Waals surface area contributed by atoms with Crippen LogP contribution in [-0.4, -0.2) is 58.2 Å². The van der Waals surface area contributed by atoms with Crippen LogP contribution in [0.5, 0.6) is 0 Å². The fraction of sp³-hybridized carbons (Fsp3) is 0.727. The van der Waals surface area contributed by atoms with Crippen molar-refractivity contribution in [3.63, 3.8) is 0 Å². The first kappa shape index (κ1) is 26.3. The Morgan fingerprint density at radius 3 is 2.43 bits per heavy atom. The molecule has 30 heavy (non-hydrogen) atoms. The SMILES string of the molecule is C[C@@H](O[Si](C)(C)C(C)(C)C)[C@H]1C(=O)N(Cc2cccnc2Br)[C@@H]1[Se]CC[Si](C)(C)C. The van der Waals surface area contributed by atoms with E-state index in [4.69, 9.17) is 4.43 Å². The summed E-state index contributed by atoms with van der Waals surface area (Å²) in [5.74, 6) is 0.244. The Hall–Kier alpha value is 0.0132. The summed E-state index contributed by atoms with van der Waals surface area (Å²) in [6, 6.07) is 5.32. The average molecular weight is 579 g/mol. The Balaban J connectivity index is 2.17. The number of carbonyl (C=O) groups is 1. The first-order valence-corrected chi connectivity index (χ1v) is 20.4. The van der Waals surface area contributed by atoms with Crippen molar-refractivity contribution in [1.82, 2.24) is 9.88 Å². The number of rotatable bonds is 9. The number of hydrogen-bond acceptors (Lipinski definition) is 3. The number of β-lactam (4-membered cyclic amide) rings is 1. The van der Waals surface area contributed by atoms with Gasteiger partial charge < -0.3 is 0 Å². The van der Waals surface area contributed by atoms with E-state index in [2.05, 4.69) is 92.3 Å². The van der Waals surface area contributed by atoms with E-state index in [9.17, 15) is 4.79 Å². The number of aromatic nitrogens is 1. The van der Waals surface area contributed by atoms with Gasteiger partial charge in [-0.2, -0.15) is 0 Å². The second-order valence-corrected chi connectivity index (χ2v) is 24.8. The molecule has 0 radical (unpaired) electrons. The first-order valence-electron chi connectivity index (χ1n) is 10.8. The monoisotopic (exact) mass is 578 g/mol. The molecule has 0 bridgehead atoms.